The molecule has 0 amide bonds. The Balaban J connectivity index is 1.43. The topological polar surface area (TPSA) is 92.4 Å². The monoisotopic (exact) mass is 459 g/mol. The highest BCUT2D eigenvalue weighted by atomic mass is 32.2. The molecule has 1 saturated heterocycles. The van der Waals surface area contributed by atoms with E-state index >= 15 is 0 Å². The number of aryl methyl sites for hydroxylation is 1. The predicted octanol–water partition coefficient (Wildman–Crippen LogP) is 3.23. The highest BCUT2D eigenvalue weighted by Crippen LogP contribution is 2.34. The van der Waals surface area contributed by atoms with Gasteiger partial charge in [-0.2, -0.15) is 4.31 Å². The van der Waals surface area contributed by atoms with Crippen LogP contribution in [0.5, 0.6) is 0 Å². The molecule has 0 saturated carbocycles. The first kappa shape index (κ1) is 21.9. The molecule has 4 rings (SSSR count). The lowest BCUT2D eigenvalue weighted by atomic mass is 10.1. The van der Waals surface area contributed by atoms with Crippen LogP contribution in [-0.4, -0.2) is 66.0 Å². The van der Waals surface area contributed by atoms with Gasteiger partial charge in [-0.1, -0.05) is 29.5 Å². The van der Waals surface area contributed by atoms with E-state index in [1.54, 1.807) is 12.1 Å². The van der Waals surface area contributed by atoms with Gasteiger partial charge in [0.15, 0.2) is 0 Å². The van der Waals surface area contributed by atoms with E-state index in [-0.39, 0.29) is 10.1 Å². The molecule has 2 aromatic heterocycles. The molecule has 1 atom stereocenters. The van der Waals surface area contributed by atoms with Crippen molar-refractivity contribution in [3.8, 4) is 11.5 Å². The summed E-state index contributed by atoms with van der Waals surface area (Å²) in [4.78, 5) is 6.69. The van der Waals surface area contributed by atoms with Gasteiger partial charge in [0.2, 0.25) is 21.8 Å². The minimum Gasteiger partial charge on any atom is -0.419 e. The molecule has 8 nitrogen and oxygen atoms in total. The van der Waals surface area contributed by atoms with Crippen LogP contribution in [0.25, 0.3) is 11.5 Å². The summed E-state index contributed by atoms with van der Waals surface area (Å²) in [5.74, 6) is 0.977. The van der Waals surface area contributed by atoms with Gasteiger partial charge in [-0.3, -0.25) is 0 Å². The molecule has 0 bridgehead atoms. The Morgan fingerprint density at radius 2 is 1.87 bits per heavy atom. The van der Waals surface area contributed by atoms with Crippen LogP contribution in [0.4, 0.5) is 0 Å². The first-order valence-corrected chi connectivity index (χ1v) is 12.4. The molecule has 1 fully saturated rings. The van der Waals surface area contributed by atoms with Crippen LogP contribution in [0.15, 0.2) is 56.9 Å². The third-order valence-corrected chi connectivity index (χ3v) is 8.08. The van der Waals surface area contributed by atoms with Crippen LogP contribution >= 0.6 is 11.8 Å². The Bertz CT molecular complexity index is 1140. The van der Waals surface area contributed by atoms with Crippen molar-refractivity contribution in [2.75, 3.05) is 33.2 Å². The minimum absolute atomic E-state index is 0.126. The molecule has 3 aromatic rings. The fourth-order valence-electron chi connectivity index (χ4n) is 3.29. The number of hydrogen-bond donors (Lipinski definition) is 0. The van der Waals surface area contributed by atoms with Gasteiger partial charge in [-0.05, 0) is 45.2 Å². The highest BCUT2D eigenvalue weighted by molar-refractivity contribution is 7.99. The molecule has 1 aliphatic heterocycles. The van der Waals surface area contributed by atoms with Gasteiger partial charge in [0.1, 0.15) is 4.90 Å². The zero-order chi connectivity index (χ0) is 22.0. The number of likely N-dealkylation sites (N-methyl/N-ethyl adjacent to an activating group) is 1. The van der Waals surface area contributed by atoms with Crippen LogP contribution in [0.3, 0.4) is 0 Å². The molecule has 0 N–H and O–H groups in total. The smallest absolute Gasteiger partial charge is 0.247 e. The largest absolute Gasteiger partial charge is 0.419 e. The van der Waals surface area contributed by atoms with Crippen molar-refractivity contribution in [3.63, 3.8) is 0 Å². The van der Waals surface area contributed by atoms with Crippen LogP contribution in [0, 0.1) is 6.92 Å². The SMILES string of the molecule is Cc1cccc(-c2nnc([C@H](C)Sc3ccc(S(=O)(=O)N4CCN(C)CC4)cn3)o2)c1. The summed E-state index contributed by atoms with van der Waals surface area (Å²) >= 11 is 1.44. The summed E-state index contributed by atoms with van der Waals surface area (Å²) in [5, 5.41) is 8.89. The Kier molecular flexibility index (Phi) is 6.42. The minimum atomic E-state index is -3.52. The van der Waals surface area contributed by atoms with Crippen molar-refractivity contribution in [2.24, 2.45) is 0 Å². The van der Waals surface area contributed by atoms with Gasteiger partial charge >= 0.3 is 0 Å². The average molecular weight is 460 g/mol. The van der Waals surface area contributed by atoms with Crippen LogP contribution < -0.4 is 0 Å². The van der Waals surface area contributed by atoms with Gasteiger partial charge in [0.25, 0.3) is 0 Å². The number of thioether (sulfide) groups is 1. The van der Waals surface area contributed by atoms with Crippen molar-refractivity contribution in [1.82, 2.24) is 24.4 Å². The molecule has 3 heterocycles. The van der Waals surface area contributed by atoms with Crippen molar-refractivity contribution in [2.45, 2.75) is 29.0 Å². The number of pyridine rings is 1. The highest BCUT2D eigenvalue weighted by Gasteiger charge is 2.28. The third kappa shape index (κ3) is 4.98. The van der Waals surface area contributed by atoms with E-state index in [1.807, 2.05) is 45.2 Å². The molecule has 0 spiro atoms. The van der Waals surface area contributed by atoms with E-state index in [9.17, 15) is 8.42 Å². The van der Waals surface area contributed by atoms with Crippen LogP contribution in [-0.2, 0) is 10.0 Å². The van der Waals surface area contributed by atoms with Crippen molar-refractivity contribution < 1.29 is 12.8 Å². The summed E-state index contributed by atoms with van der Waals surface area (Å²) in [6.07, 6.45) is 1.43. The predicted molar refractivity (Wildman–Crippen MR) is 119 cm³/mol. The second kappa shape index (κ2) is 9.07. The molecule has 0 aliphatic carbocycles. The first-order chi connectivity index (χ1) is 14.8. The van der Waals surface area contributed by atoms with E-state index < -0.39 is 10.0 Å². The van der Waals surface area contributed by atoms with Crippen molar-refractivity contribution in [1.29, 1.82) is 0 Å². The number of sulfonamides is 1. The number of rotatable bonds is 6. The van der Waals surface area contributed by atoms with Gasteiger partial charge in [-0.25, -0.2) is 13.4 Å². The number of piperazine rings is 1. The second-order valence-corrected chi connectivity index (χ2v) is 10.9. The van der Waals surface area contributed by atoms with E-state index in [4.69, 9.17) is 4.42 Å². The summed E-state index contributed by atoms with van der Waals surface area (Å²) in [6, 6.07) is 11.2. The molecule has 0 radical (unpaired) electrons. The fourth-order valence-corrected chi connectivity index (χ4v) is 5.48. The normalized spacial score (nSPS) is 17.0. The van der Waals surface area contributed by atoms with Crippen LogP contribution in [0.1, 0.15) is 23.6 Å². The summed E-state index contributed by atoms with van der Waals surface area (Å²) < 4.78 is 33.0. The molecule has 31 heavy (non-hydrogen) atoms. The van der Waals surface area contributed by atoms with Crippen molar-refractivity contribution in [3.05, 3.63) is 54.0 Å². The lowest BCUT2D eigenvalue weighted by Crippen LogP contribution is -2.47. The van der Waals surface area contributed by atoms with Gasteiger partial charge < -0.3 is 9.32 Å². The summed E-state index contributed by atoms with van der Waals surface area (Å²) in [5.41, 5.74) is 2.00. The maximum atomic E-state index is 12.8. The Morgan fingerprint density at radius 3 is 2.55 bits per heavy atom. The molecule has 0 unspecified atom stereocenters. The zero-order valence-corrected chi connectivity index (χ0v) is 19.4. The Labute approximate surface area is 186 Å². The lowest BCUT2D eigenvalue weighted by molar-refractivity contribution is 0.222. The molecule has 1 aromatic carbocycles. The quantitative estimate of drug-likeness (QED) is 0.519. The summed E-state index contributed by atoms with van der Waals surface area (Å²) in [7, 11) is -1.53. The van der Waals surface area contributed by atoms with Crippen LogP contribution in [0.2, 0.25) is 0 Å². The van der Waals surface area contributed by atoms with E-state index in [0.717, 1.165) is 24.2 Å². The fraction of sp³-hybridized carbons (Fsp3) is 0.381. The molecule has 10 heteroatoms. The Morgan fingerprint density at radius 1 is 1.10 bits per heavy atom. The maximum Gasteiger partial charge on any atom is 0.247 e. The lowest BCUT2D eigenvalue weighted by Gasteiger charge is -2.31. The second-order valence-electron chi connectivity index (χ2n) is 7.61. The average Bonchev–Trinajstić information content (AvgIpc) is 3.25. The number of aromatic nitrogens is 3. The summed E-state index contributed by atoms with van der Waals surface area (Å²) in [6.45, 7) is 6.41. The van der Waals surface area contributed by atoms with Gasteiger partial charge in [0.05, 0.1) is 10.3 Å². The molecule has 164 valence electrons. The van der Waals surface area contributed by atoms with E-state index in [1.165, 1.54) is 22.3 Å². The zero-order valence-electron chi connectivity index (χ0n) is 17.7. The molecule has 1 aliphatic rings. The van der Waals surface area contributed by atoms with E-state index in [2.05, 4.69) is 20.1 Å². The van der Waals surface area contributed by atoms with E-state index in [0.29, 0.717) is 29.9 Å². The third-order valence-electron chi connectivity index (χ3n) is 5.16. The number of benzene rings is 1. The number of nitrogens with zero attached hydrogens (tertiary/aromatic N) is 5. The van der Waals surface area contributed by atoms with Gasteiger partial charge in [-0.15, -0.1) is 10.2 Å². The number of hydrogen-bond acceptors (Lipinski definition) is 8. The van der Waals surface area contributed by atoms with Crippen molar-refractivity contribution >= 4 is 21.8 Å². The first-order valence-electron chi connectivity index (χ1n) is 10.0. The maximum absolute atomic E-state index is 12.8. The van der Waals surface area contributed by atoms with Gasteiger partial charge in [0, 0.05) is 37.9 Å². The standard InChI is InChI=1S/C21H25N5O3S2/c1-15-5-4-6-17(13-15)21-24-23-20(29-21)16(2)30-19-8-7-18(14-22-19)31(27,28)26-11-9-25(3)10-12-26/h4-8,13-14,16H,9-12H2,1-3H3/t16-/m0/s1. The molecular formula is C21H25N5O3S2. The molecular weight excluding hydrogens is 434 g/mol. The Hall–Kier alpha value is -2.27.